The van der Waals surface area contributed by atoms with Crippen molar-refractivity contribution in [1.82, 2.24) is 0 Å². The second-order valence-corrected chi connectivity index (χ2v) is 8.10. The fourth-order valence-corrected chi connectivity index (χ4v) is 4.43. The molecule has 1 aliphatic carbocycles. The van der Waals surface area contributed by atoms with E-state index in [-0.39, 0.29) is 36.8 Å². The van der Waals surface area contributed by atoms with Gasteiger partial charge in [0.25, 0.3) is 5.92 Å². The molecule has 164 valence electrons. The maximum atomic E-state index is 14.5. The number of hydrogen-bond donors (Lipinski definition) is 0. The molecule has 2 aromatic carbocycles. The third-order valence-electron chi connectivity index (χ3n) is 5.96. The molecule has 1 saturated heterocycles. The Hall–Kier alpha value is -2.96. The van der Waals surface area contributed by atoms with Crippen LogP contribution in [-0.2, 0) is 14.3 Å². The van der Waals surface area contributed by atoms with Crippen molar-refractivity contribution in [3.8, 4) is 5.75 Å². The van der Waals surface area contributed by atoms with Gasteiger partial charge in [-0.15, -0.1) is 0 Å². The van der Waals surface area contributed by atoms with Crippen molar-refractivity contribution in [2.24, 2.45) is 11.8 Å². The summed E-state index contributed by atoms with van der Waals surface area (Å²) >= 11 is 0. The summed E-state index contributed by atoms with van der Waals surface area (Å²) in [6.45, 7) is -0.734. The number of rotatable bonds is 8. The number of carbonyl (C=O) groups excluding carboxylic acids is 2. The van der Waals surface area contributed by atoms with Crippen molar-refractivity contribution in [1.29, 1.82) is 0 Å². The highest BCUT2D eigenvalue weighted by Gasteiger charge is 2.52. The Morgan fingerprint density at radius 1 is 1.06 bits per heavy atom. The van der Waals surface area contributed by atoms with Crippen LogP contribution in [0.15, 0.2) is 60.7 Å². The number of carbonyl (C=O) groups is 2. The van der Waals surface area contributed by atoms with Gasteiger partial charge in [0.05, 0.1) is 12.0 Å². The van der Waals surface area contributed by atoms with Crippen molar-refractivity contribution >= 4 is 11.9 Å². The average Bonchev–Trinajstić information content (AvgIpc) is 3.27. The number of halogens is 2. The Morgan fingerprint density at radius 3 is 2.45 bits per heavy atom. The van der Waals surface area contributed by atoms with Gasteiger partial charge in [-0.25, -0.2) is 13.6 Å². The molecule has 0 aromatic heterocycles. The number of esters is 2. The van der Waals surface area contributed by atoms with Gasteiger partial charge >= 0.3 is 11.9 Å². The van der Waals surface area contributed by atoms with Gasteiger partial charge < -0.3 is 14.2 Å². The molecule has 1 aliphatic heterocycles. The molecule has 0 radical (unpaired) electrons. The first kappa shape index (κ1) is 21.3. The van der Waals surface area contributed by atoms with Crippen molar-refractivity contribution in [3.05, 3.63) is 66.2 Å². The molecule has 0 unspecified atom stereocenters. The molecule has 2 fully saturated rings. The van der Waals surface area contributed by atoms with Gasteiger partial charge in [0.2, 0.25) is 0 Å². The smallest absolute Gasteiger partial charge is 0.338 e. The highest BCUT2D eigenvalue weighted by molar-refractivity contribution is 5.89. The van der Waals surface area contributed by atoms with Crippen molar-refractivity contribution in [3.63, 3.8) is 0 Å². The molecular weight excluding hydrogens is 406 g/mol. The quantitative estimate of drug-likeness (QED) is 0.570. The Morgan fingerprint density at radius 2 is 1.74 bits per heavy atom. The predicted molar refractivity (Wildman–Crippen MR) is 108 cm³/mol. The third kappa shape index (κ3) is 5.21. The van der Waals surface area contributed by atoms with E-state index in [2.05, 4.69) is 0 Å². The molecule has 2 aliphatic rings. The van der Waals surface area contributed by atoms with Gasteiger partial charge in [0.15, 0.2) is 6.61 Å². The van der Waals surface area contributed by atoms with E-state index in [1.807, 2.05) is 0 Å². The number of alkyl halides is 2. The van der Waals surface area contributed by atoms with Crippen LogP contribution >= 0.6 is 0 Å². The fourth-order valence-electron chi connectivity index (χ4n) is 4.43. The van der Waals surface area contributed by atoms with E-state index in [1.165, 1.54) is 0 Å². The lowest BCUT2D eigenvalue weighted by Gasteiger charge is -2.25. The van der Waals surface area contributed by atoms with E-state index in [0.717, 1.165) is 0 Å². The lowest BCUT2D eigenvalue weighted by atomic mass is 9.87. The fraction of sp³-hybridized carbons (Fsp3) is 0.417. The van der Waals surface area contributed by atoms with Crippen LogP contribution in [0.3, 0.4) is 0 Å². The maximum Gasteiger partial charge on any atom is 0.338 e. The molecule has 5 nitrogen and oxygen atoms in total. The molecule has 31 heavy (non-hydrogen) atoms. The lowest BCUT2D eigenvalue weighted by Crippen LogP contribution is -2.31. The molecule has 1 saturated carbocycles. The summed E-state index contributed by atoms with van der Waals surface area (Å²) in [6.07, 6.45) is -0.773. The van der Waals surface area contributed by atoms with Crippen molar-refractivity contribution in [2.75, 3.05) is 6.61 Å². The number of ether oxygens (including phenoxy) is 3. The van der Waals surface area contributed by atoms with E-state index in [0.29, 0.717) is 17.7 Å². The first-order valence-corrected chi connectivity index (χ1v) is 10.4. The second kappa shape index (κ2) is 9.04. The third-order valence-corrected chi connectivity index (χ3v) is 5.96. The van der Waals surface area contributed by atoms with Crippen LogP contribution in [0.5, 0.6) is 5.75 Å². The van der Waals surface area contributed by atoms with Crippen LogP contribution in [0.25, 0.3) is 0 Å². The maximum absolute atomic E-state index is 14.5. The molecule has 4 rings (SSSR count). The first-order valence-electron chi connectivity index (χ1n) is 10.4. The molecule has 0 bridgehead atoms. The van der Waals surface area contributed by atoms with E-state index >= 15 is 0 Å². The second-order valence-electron chi connectivity index (χ2n) is 8.10. The molecule has 0 spiro atoms. The molecule has 1 heterocycles. The van der Waals surface area contributed by atoms with Crippen LogP contribution in [0, 0.1) is 11.8 Å². The molecular formula is C24H24F2O5. The van der Waals surface area contributed by atoms with Gasteiger partial charge in [-0.05, 0) is 30.7 Å². The lowest BCUT2D eigenvalue weighted by molar-refractivity contribution is -0.141. The predicted octanol–water partition coefficient (Wildman–Crippen LogP) is 4.66. The average molecular weight is 430 g/mol. The number of para-hydroxylation sites is 1. The summed E-state index contributed by atoms with van der Waals surface area (Å²) in [4.78, 5) is 24.2. The Kier molecular flexibility index (Phi) is 6.20. The van der Waals surface area contributed by atoms with Crippen molar-refractivity contribution < 1.29 is 32.6 Å². The van der Waals surface area contributed by atoms with Gasteiger partial charge in [0, 0.05) is 24.7 Å². The van der Waals surface area contributed by atoms with Gasteiger partial charge in [0.1, 0.15) is 18.0 Å². The van der Waals surface area contributed by atoms with E-state index < -0.39 is 31.0 Å². The summed E-state index contributed by atoms with van der Waals surface area (Å²) in [7, 11) is 0. The normalized spacial score (nSPS) is 25.0. The monoisotopic (exact) mass is 430 g/mol. The summed E-state index contributed by atoms with van der Waals surface area (Å²) in [5.41, 5.74) is 0.400. The van der Waals surface area contributed by atoms with Gasteiger partial charge in [-0.3, -0.25) is 4.79 Å². The Labute approximate surface area is 179 Å². The van der Waals surface area contributed by atoms with Gasteiger partial charge in [-0.1, -0.05) is 36.4 Å². The van der Waals surface area contributed by atoms with E-state index in [1.54, 1.807) is 60.7 Å². The standard InChI is InChI=1S/C24H24F2O5/c25-24(26,15-29-17-9-5-2-6-10-17)12-11-18-19-13-22(27)30-21(19)14-20(18)31-23(28)16-7-3-1-4-8-16/h1-10,18-21H,11-15H2/t18-,19-,20-,21+/m1/s1. The van der Waals surface area contributed by atoms with E-state index in [4.69, 9.17) is 14.2 Å². The highest BCUT2D eigenvalue weighted by Crippen LogP contribution is 2.46. The molecule has 0 N–H and O–H groups in total. The zero-order valence-electron chi connectivity index (χ0n) is 16.9. The van der Waals surface area contributed by atoms with Crippen LogP contribution in [0.1, 0.15) is 36.0 Å². The number of hydrogen-bond acceptors (Lipinski definition) is 5. The van der Waals surface area contributed by atoms with Crippen LogP contribution in [-0.4, -0.2) is 36.7 Å². The summed E-state index contributed by atoms with van der Waals surface area (Å²) in [6, 6.07) is 17.0. The Balaban J connectivity index is 1.39. The number of benzene rings is 2. The zero-order valence-corrected chi connectivity index (χ0v) is 16.9. The topological polar surface area (TPSA) is 61.8 Å². The first-order chi connectivity index (χ1) is 14.9. The molecule has 0 amide bonds. The Bertz CT molecular complexity index is 903. The minimum absolute atomic E-state index is 0.107. The summed E-state index contributed by atoms with van der Waals surface area (Å²) < 4.78 is 45.2. The molecule has 4 atom stereocenters. The van der Waals surface area contributed by atoms with Gasteiger partial charge in [-0.2, -0.15) is 0 Å². The van der Waals surface area contributed by atoms with Crippen molar-refractivity contribution in [2.45, 2.75) is 43.8 Å². The number of fused-ring (bicyclic) bond motifs is 1. The minimum atomic E-state index is -3.05. The summed E-state index contributed by atoms with van der Waals surface area (Å²) in [5, 5.41) is 0. The molecule has 7 heteroatoms. The van der Waals surface area contributed by atoms with E-state index in [9.17, 15) is 18.4 Å². The summed E-state index contributed by atoms with van der Waals surface area (Å²) in [5.74, 6) is -4.08. The largest absolute Gasteiger partial charge is 0.487 e. The molecule has 2 aromatic rings. The van der Waals surface area contributed by atoms with Crippen LogP contribution in [0.2, 0.25) is 0 Å². The van der Waals surface area contributed by atoms with Crippen LogP contribution in [0.4, 0.5) is 8.78 Å². The SMILES string of the molecule is O=C1C[C@@H]2[C@@H](CCC(F)(F)COc3ccccc3)[C@H](OC(=O)c3ccccc3)C[C@@H]2O1. The zero-order chi connectivity index (χ0) is 21.8. The highest BCUT2D eigenvalue weighted by atomic mass is 19.3. The minimum Gasteiger partial charge on any atom is -0.487 e. The van der Waals surface area contributed by atoms with Crippen LogP contribution < -0.4 is 4.74 Å².